The fourth-order valence-electron chi connectivity index (χ4n) is 2.76. The molecule has 0 N–H and O–H groups in total. The van der Waals surface area contributed by atoms with E-state index in [4.69, 9.17) is 9.47 Å². The molecule has 0 saturated carbocycles. The molecule has 0 unspecified atom stereocenters. The standard InChI is InChI=1S/C13H16FNO4S/c14-11-2-1-3-12(8-11)20(16,17)15-5-7-19-10-13(15)4-6-18-9-13/h1-3,8H,4-7,9-10H2/t13-/m1/s1. The molecule has 0 aromatic heterocycles. The molecule has 2 aliphatic heterocycles. The van der Waals surface area contributed by atoms with Crippen LogP contribution in [0.25, 0.3) is 0 Å². The van der Waals surface area contributed by atoms with Crippen molar-refractivity contribution in [3.8, 4) is 0 Å². The Morgan fingerprint density at radius 3 is 2.60 bits per heavy atom. The number of hydrogen-bond donors (Lipinski definition) is 0. The second-order valence-corrected chi connectivity index (χ2v) is 6.98. The van der Waals surface area contributed by atoms with E-state index in [1.54, 1.807) is 0 Å². The Hall–Kier alpha value is -1.02. The number of rotatable bonds is 2. The van der Waals surface area contributed by atoms with E-state index in [0.29, 0.717) is 32.8 Å². The zero-order chi connectivity index (χ0) is 14.2. The average Bonchev–Trinajstić information content (AvgIpc) is 2.88. The summed E-state index contributed by atoms with van der Waals surface area (Å²) in [6, 6.07) is 5.10. The summed E-state index contributed by atoms with van der Waals surface area (Å²) in [5, 5.41) is 0. The first-order valence-electron chi connectivity index (χ1n) is 6.49. The van der Waals surface area contributed by atoms with Gasteiger partial charge in [-0.1, -0.05) is 6.07 Å². The quantitative estimate of drug-likeness (QED) is 0.818. The maximum atomic E-state index is 13.3. The lowest BCUT2D eigenvalue weighted by Gasteiger charge is -2.42. The molecule has 0 aliphatic carbocycles. The highest BCUT2D eigenvalue weighted by atomic mass is 32.2. The van der Waals surface area contributed by atoms with Crippen LogP contribution in [0, 0.1) is 5.82 Å². The molecule has 3 rings (SSSR count). The number of benzene rings is 1. The molecule has 5 nitrogen and oxygen atoms in total. The molecule has 1 aromatic rings. The minimum atomic E-state index is -3.74. The van der Waals surface area contributed by atoms with Crippen LogP contribution < -0.4 is 0 Å². The van der Waals surface area contributed by atoms with E-state index in [-0.39, 0.29) is 11.4 Å². The van der Waals surface area contributed by atoms with E-state index in [9.17, 15) is 12.8 Å². The van der Waals surface area contributed by atoms with Crippen LogP contribution in [0.1, 0.15) is 6.42 Å². The molecular formula is C13H16FNO4S. The van der Waals surface area contributed by atoms with Crippen molar-refractivity contribution in [2.75, 3.05) is 33.0 Å². The van der Waals surface area contributed by atoms with Crippen LogP contribution in [-0.2, 0) is 19.5 Å². The van der Waals surface area contributed by atoms with Gasteiger partial charge in [0.05, 0.1) is 30.3 Å². The van der Waals surface area contributed by atoms with Gasteiger partial charge < -0.3 is 9.47 Å². The predicted molar refractivity (Wildman–Crippen MR) is 69.3 cm³/mol. The topological polar surface area (TPSA) is 55.8 Å². The third kappa shape index (κ3) is 2.24. The summed E-state index contributed by atoms with van der Waals surface area (Å²) in [4.78, 5) is -0.0225. The van der Waals surface area contributed by atoms with Gasteiger partial charge in [-0.3, -0.25) is 0 Å². The molecule has 1 spiro atoms. The van der Waals surface area contributed by atoms with Crippen LogP contribution in [-0.4, -0.2) is 51.2 Å². The van der Waals surface area contributed by atoms with Gasteiger partial charge in [0, 0.05) is 13.2 Å². The van der Waals surface area contributed by atoms with Crippen molar-refractivity contribution in [3.05, 3.63) is 30.1 Å². The normalized spacial score (nSPS) is 28.1. The SMILES string of the molecule is O=S(=O)(c1cccc(F)c1)N1CCOC[C@]12CCOC2. The number of sulfonamides is 1. The van der Waals surface area contributed by atoms with Gasteiger partial charge in [-0.05, 0) is 24.6 Å². The van der Waals surface area contributed by atoms with E-state index in [1.165, 1.54) is 22.5 Å². The molecule has 2 fully saturated rings. The fraction of sp³-hybridized carbons (Fsp3) is 0.538. The Morgan fingerprint density at radius 1 is 1.20 bits per heavy atom. The van der Waals surface area contributed by atoms with Gasteiger partial charge in [-0.2, -0.15) is 4.31 Å². The smallest absolute Gasteiger partial charge is 0.243 e. The molecule has 7 heteroatoms. The van der Waals surface area contributed by atoms with E-state index in [0.717, 1.165) is 6.07 Å². The Bertz CT molecular complexity index is 598. The number of morpholine rings is 1. The zero-order valence-electron chi connectivity index (χ0n) is 10.9. The third-order valence-corrected chi connectivity index (χ3v) is 5.80. The summed E-state index contributed by atoms with van der Waals surface area (Å²) in [6.07, 6.45) is 0.599. The van der Waals surface area contributed by atoms with Crippen molar-refractivity contribution in [3.63, 3.8) is 0 Å². The first kappa shape index (κ1) is 13.9. The lowest BCUT2D eigenvalue weighted by Crippen LogP contribution is -2.59. The largest absolute Gasteiger partial charge is 0.379 e. The van der Waals surface area contributed by atoms with Crippen LogP contribution in [0.15, 0.2) is 29.2 Å². The van der Waals surface area contributed by atoms with Crippen molar-refractivity contribution in [1.82, 2.24) is 4.31 Å². The lowest BCUT2D eigenvalue weighted by atomic mass is 9.99. The number of ether oxygens (including phenoxy) is 2. The minimum Gasteiger partial charge on any atom is -0.379 e. The van der Waals surface area contributed by atoms with Gasteiger partial charge in [0.15, 0.2) is 0 Å². The number of halogens is 1. The second-order valence-electron chi connectivity index (χ2n) is 5.11. The zero-order valence-corrected chi connectivity index (χ0v) is 11.7. The average molecular weight is 301 g/mol. The highest BCUT2D eigenvalue weighted by Crippen LogP contribution is 2.34. The predicted octanol–water partition coefficient (Wildman–Crippen LogP) is 1.01. The number of hydrogen-bond acceptors (Lipinski definition) is 4. The molecule has 110 valence electrons. The Labute approximate surface area is 117 Å². The van der Waals surface area contributed by atoms with E-state index < -0.39 is 21.4 Å². The van der Waals surface area contributed by atoms with Crippen molar-refractivity contribution in [2.45, 2.75) is 16.9 Å². The first-order valence-corrected chi connectivity index (χ1v) is 7.93. The monoisotopic (exact) mass is 301 g/mol. The van der Waals surface area contributed by atoms with E-state index in [1.807, 2.05) is 0 Å². The Balaban J connectivity index is 2.01. The molecule has 0 bridgehead atoms. The second kappa shape index (κ2) is 5.07. The van der Waals surface area contributed by atoms with Gasteiger partial charge in [-0.15, -0.1) is 0 Å². The first-order chi connectivity index (χ1) is 9.55. The van der Waals surface area contributed by atoms with Crippen molar-refractivity contribution < 1.29 is 22.3 Å². The van der Waals surface area contributed by atoms with E-state index in [2.05, 4.69) is 0 Å². The summed E-state index contributed by atoms with van der Waals surface area (Å²) in [5.41, 5.74) is -0.649. The Kier molecular flexibility index (Phi) is 3.53. The summed E-state index contributed by atoms with van der Waals surface area (Å²) in [7, 11) is -3.74. The van der Waals surface area contributed by atoms with Crippen LogP contribution >= 0.6 is 0 Å². The van der Waals surface area contributed by atoms with Gasteiger partial charge in [0.25, 0.3) is 0 Å². The van der Waals surface area contributed by atoms with Gasteiger partial charge in [-0.25, -0.2) is 12.8 Å². The molecular weight excluding hydrogens is 285 g/mol. The molecule has 1 aromatic carbocycles. The molecule has 2 saturated heterocycles. The lowest BCUT2D eigenvalue weighted by molar-refractivity contribution is -0.0293. The summed E-state index contributed by atoms with van der Waals surface area (Å²) < 4.78 is 51.0. The van der Waals surface area contributed by atoms with Gasteiger partial charge in [0.1, 0.15) is 5.82 Å². The number of nitrogens with zero attached hydrogens (tertiary/aromatic N) is 1. The highest BCUT2D eigenvalue weighted by Gasteiger charge is 2.49. The molecule has 0 amide bonds. The van der Waals surface area contributed by atoms with Crippen molar-refractivity contribution in [1.29, 1.82) is 0 Å². The van der Waals surface area contributed by atoms with Crippen molar-refractivity contribution in [2.24, 2.45) is 0 Å². The molecule has 1 atom stereocenters. The summed E-state index contributed by atoms with van der Waals surface area (Å²) in [6.45, 7) is 1.76. The van der Waals surface area contributed by atoms with Crippen LogP contribution in [0.3, 0.4) is 0 Å². The molecule has 20 heavy (non-hydrogen) atoms. The molecule has 0 radical (unpaired) electrons. The summed E-state index contributed by atoms with van der Waals surface area (Å²) >= 11 is 0. The van der Waals surface area contributed by atoms with Crippen LogP contribution in [0.4, 0.5) is 4.39 Å². The fourth-order valence-corrected chi connectivity index (χ4v) is 4.54. The van der Waals surface area contributed by atoms with Crippen molar-refractivity contribution >= 4 is 10.0 Å². The highest BCUT2D eigenvalue weighted by molar-refractivity contribution is 7.89. The summed E-state index contributed by atoms with van der Waals surface area (Å²) in [5.74, 6) is -0.559. The minimum absolute atomic E-state index is 0.0225. The maximum Gasteiger partial charge on any atom is 0.243 e. The van der Waals surface area contributed by atoms with Gasteiger partial charge >= 0.3 is 0 Å². The molecule has 2 aliphatic rings. The van der Waals surface area contributed by atoms with Crippen LogP contribution in [0.2, 0.25) is 0 Å². The maximum absolute atomic E-state index is 13.3. The van der Waals surface area contributed by atoms with Crippen LogP contribution in [0.5, 0.6) is 0 Å². The van der Waals surface area contributed by atoms with Gasteiger partial charge in [0.2, 0.25) is 10.0 Å². The third-order valence-electron chi connectivity index (χ3n) is 3.81. The molecule has 2 heterocycles. The van der Waals surface area contributed by atoms with E-state index >= 15 is 0 Å². The Morgan fingerprint density at radius 2 is 1.95 bits per heavy atom.